The number of para-hydroxylation sites is 2. The number of ether oxygens (including phenoxy) is 1. The highest BCUT2D eigenvalue weighted by Crippen LogP contribution is 2.21. The molecule has 29 heavy (non-hydrogen) atoms. The zero-order valence-corrected chi connectivity index (χ0v) is 16.2. The molecule has 1 aromatic carbocycles. The summed E-state index contributed by atoms with van der Waals surface area (Å²) in [6.45, 7) is 4.24. The molecule has 3 heterocycles. The van der Waals surface area contributed by atoms with Crippen molar-refractivity contribution in [1.82, 2.24) is 29.5 Å². The van der Waals surface area contributed by atoms with E-state index in [9.17, 15) is 4.79 Å². The molecule has 0 unspecified atom stereocenters. The summed E-state index contributed by atoms with van der Waals surface area (Å²) in [6.07, 6.45) is 7.87. The van der Waals surface area contributed by atoms with Crippen molar-refractivity contribution in [3.8, 4) is 11.4 Å². The smallest absolute Gasteiger partial charge is 0.260 e. The predicted molar refractivity (Wildman–Crippen MR) is 108 cm³/mol. The highest BCUT2D eigenvalue weighted by atomic mass is 16.5. The lowest BCUT2D eigenvalue weighted by atomic mass is 10.2. The maximum Gasteiger partial charge on any atom is 0.260 e. The number of hydrogen-bond donors (Lipinski definition) is 0. The molecule has 8 heteroatoms. The first-order valence-corrected chi connectivity index (χ1v) is 9.75. The van der Waals surface area contributed by atoms with Crippen molar-refractivity contribution in [2.75, 3.05) is 39.3 Å². The van der Waals surface area contributed by atoms with Gasteiger partial charge in [0.1, 0.15) is 18.4 Å². The summed E-state index contributed by atoms with van der Waals surface area (Å²) in [5.41, 5.74) is 2.10. The number of nitrogens with zero attached hydrogens (tertiary/aromatic N) is 6. The summed E-state index contributed by atoms with van der Waals surface area (Å²) < 4.78 is 7.59. The number of benzene rings is 1. The third kappa shape index (κ3) is 4.97. The Morgan fingerprint density at radius 2 is 1.69 bits per heavy atom. The second kappa shape index (κ2) is 9.29. The van der Waals surface area contributed by atoms with Crippen LogP contribution in [0.2, 0.25) is 0 Å². The van der Waals surface area contributed by atoms with Crippen LogP contribution in [-0.2, 0) is 11.2 Å². The van der Waals surface area contributed by atoms with Gasteiger partial charge in [0.2, 0.25) is 0 Å². The topological polar surface area (TPSA) is 76.4 Å². The molecule has 1 fully saturated rings. The van der Waals surface area contributed by atoms with Crippen molar-refractivity contribution in [3.63, 3.8) is 0 Å². The number of piperazine rings is 1. The summed E-state index contributed by atoms with van der Waals surface area (Å²) in [4.78, 5) is 20.9. The first-order chi connectivity index (χ1) is 14.3. The number of rotatable bonds is 7. The fourth-order valence-corrected chi connectivity index (χ4v) is 3.41. The normalized spacial score (nSPS) is 14.7. The number of hydrogen-bond acceptors (Lipinski definition) is 6. The van der Waals surface area contributed by atoms with Gasteiger partial charge in [0, 0.05) is 45.1 Å². The number of pyridine rings is 1. The molecule has 150 valence electrons. The van der Waals surface area contributed by atoms with Crippen LogP contribution in [0.1, 0.15) is 5.56 Å². The molecule has 2 aromatic heterocycles. The Labute approximate surface area is 169 Å². The Balaban J connectivity index is 1.25. The van der Waals surface area contributed by atoms with Crippen molar-refractivity contribution < 1.29 is 9.53 Å². The van der Waals surface area contributed by atoms with Crippen LogP contribution in [0, 0.1) is 0 Å². The molecule has 0 spiro atoms. The second-order valence-corrected chi connectivity index (χ2v) is 6.95. The Kier molecular flexibility index (Phi) is 6.11. The third-order valence-corrected chi connectivity index (χ3v) is 5.10. The van der Waals surface area contributed by atoms with Gasteiger partial charge in [0.15, 0.2) is 6.61 Å². The number of aromatic nitrogens is 4. The fourth-order valence-electron chi connectivity index (χ4n) is 3.41. The molecule has 4 rings (SSSR count). The Morgan fingerprint density at radius 1 is 0.966 bits per heavy atom. The van der Waals surface area contributed by atoms with Crippen LogP contribution in [0.5, 0.6) is 5.75 Å². The van der Waals surface area contributed by atoms with Gasteiger partial charge in [-0.25, -0.2) is 0 Å². The molecule has 0 saturated carbocycles. The number of amides is 1. The van der Waals surface area contributed by atoms with Gasteiger partial charge in [-0.1, -0.05) is 12.1 Å². The van der Waals surface area contributed by atoms with E-state index in [1.807, 2.05) is 41.6 Å². The summed E-state index contributed by atoms with van der Waals surface area (Å²) in [5.74, 6) is 0.647. The molecule has 1 amide bonds. The van der Waals surface area contributed by atoms with Crippen LogP contribution < -0.4 is 4.74 Å². The van der Waals surface area contributed by atoms with Crippen molar-refractivity contribution in [1.29, 1.82) is 0 Å². The Hall–Kier alpha value is -3.26. The van der Waals surface area contributed by atoms with Crippen molar-refractivity contribution in [3.05, 3.63) is 67.0 Å². The second-order valence-electron chi connectivity index (χ2n) is 6.95. The molecule has 3 aromatic rings. The Morgan fingerprint density at radius 3 is 2.45 bits per heavy atom. The van der Waals surface area contributed by atoms with Gasteiger partial charge in [-0.2, -0.15) is 0 Å². The van der Waals surface area contributed by atoms with E-state index in [1.165, 1.54) is 5.56 Å². The van der Waals surface area contributed by atoms with E-state index in [0.29, 0.717) is 5.75 Å². The van der Waals surface area contributed by atoms with E-state index in [1.54, 1.807) is 17.2 Å². The maximum absolute atomic E-state index is 12.6. The first kappa shape index (κ1) is 19.1. The molecule has 8 nitrogen and oxygen atoms in total. The van der Waals surface area contributed by atoms with Crippen LogP contribution in [0.25, 0.3) is 5.69 Å². The molecular weight excluding hydrogens is 368 g/mol. The molecule has 0 radical (unpaired) electrons. The quantitative estimate of drug-likeness (QED) is 0.605. The molecular formula is C21H24N6O2. The zero-order chi connectivity index (χ0) is 19.9. The summed E-state index contributed by atoms with van der Waals surface area (Å²) in [6, 6.07) is 11.7. The van der Waals surface area contributed by atoms with Gasteiger partial charge in [-0.05, 0) is 36.2 Å². The minimum atomic E-state index is 0.0114. The number of carbonyl (C=O) groups excluding carboxylic acids is 1. The van der Waals surface area contributed by atoms with E-state index in [2.05, 4.69) is 32.2 Å². The van der Waals surface area contributed by atoms with Gasteiger partial charge in [0.05, 0.1) is 5.69 Å². The van der Waals surface area contributed by atoms with E-state index >= 15 is 0 Å². The van der Waals surface area contributed by atoms with Crippen LogP contribution in [-0.4, -0.2) is 74.8 Å². The number of carbonyl (C=O) groups is 1. The van der Waals surface area contributed by atoms with Crippen LogP contribution >= 0.6 is 0 Å². The van der Waals surface area contributed by atoms with Crippen molar-refractivity contribution >= 4 is 5.91 Å². The minimum absolute atomic E-state index is 0.0114. The van der Waals surface area contributed by atoms with Crippen molar-refractivity contribution in [2.45, 2.75) is 6.42 Å². The van der Waals surface area contributed by atoms with Gasteiger partial charge in [0.25, 0.3) is 5.91 Å². The summed E-state index contributed by atoms with van der Waals surface area (Å²) >= 11 is 0. The molecule has 0 atom stereocenters. The predicted octanol–water partition coefficient (Wildman–Crippen LogP) is 1.43. The molecule has 1 aliphatic heterocycles. The molecule has 1 saturated heterocycles. The van der Waals surface area contributed by atoms with Crippen LogP contribution in [0.15, 0.2) is 61.4 Å². The van der Waals surface area contributed by atoms with E-state index in [-0.39, 0.29) is 12.5 Å². The highest BCUT2D eigenvalue weighted by molar-refractivity contribution is 5.78. The average Bonchev–Trinajstić information content (AvgIpc) is 3.32. The molecule has 0 N–H and O–H groups in total. The Bertz CT molecular complexity index is 908. The zero-order valence-electron chi connectivity index (χ0n) is 16.2. The standard InChI is InChI=1S/C21H24N6O2/c28-21(15-29-20-4-2-1-3-19(20)27-16-23-24-17-27)26-13-11-25(12-14-26)10-7-18-5-8-22-9-6-18/h1-6,8-9,16-17H,7,10-15H2. The van der Waals surface area contributed by atoms with Crippen molar-refractivity contribution in [2.24, 2.45) is 0 Å². The summed E-state index contributed by atoms with van der Waals surface area (Å²) in [7, 11) is 0. The monoisotopic (exact) mass is 392 g/mol. The maximum atomic E-state index is 12.6. The third-order valence-electron chi connectivity index (χ3n) is 5.10. The molecule has 1 aliphatic rings. The van der Waals surface area contributed by atoms with Gasteiger partial charge < -0.3 is 9.64 Å². The van der Waals surface area contributed by atoms with E-state index < -0.39 is 0 Å². The minimum Gasteiger partial charge on any atom is -0.482 e. The van der Waals surface area contributed by atoms with Crippen LogP contribution in [0.4, 0.5) is 0 Å². The average molecular weight is 392 g/mol. The van der Waals surface area contributed by atoms with Gasteiger partial charge in [-0.15, -0.1) is 10.2 Å². The van der Waals surface area contributed by atoms with E-state index in [0.717, 1.165) is 44.8 Å². The van der Waals surface area contributed by atoms with E-state index in [4.69, 9.17) is 4.74 Å². The van der Waals surface area contributed by atoms with Crippen LogP contribution in [0.3, 0.4) is 0 Å². The van der Waals surface area contributed by atoms with Gasteiger partial charge in [-0.3, -0.25) is 19.2 Å². The fraction of sp³-hybridized carbons (Fsp3) is 0.333. The molecule has 0 bridgehead atoms. The highest BCUT2D eigenvalue weighted by Gasteiger charge is 2.21. The lowest BCUT2D eigenvalue weighted by Gasteiger charge is -2.34. The SMILES string of the molecule is O=C(COc1ccccc1-n1cnnc1)N1CCN(CCc2ccncc2)CC1. The molecule has 0 aliphatic carbocycles. The lowest BCUT2D eigenvalue weighted by Crippen LogP contribution is -2.50. The largest absolute Gasteiger partial charge is 0.482 e. The lowest BCUT2D eigenvalue weighted by molar-refractivity contribution is -0.135. The first-order valence-electron chi connectivity index (χ1n) is 9.75. The summed E-state index contributed by atoms with van der Waals surface area (Å²) in [5, 5.41) is 7.65. The van der Waals surface area contributed by atoms with Gasteiger partial charge >= 0.3 is 0 Å².